The second-order valence-corrected chi connectivity index (χ2v) is 6.56. The number of benzene rings is 2. The molecule has 1 atom stereocenters. The van der Waals surface area contributed by atoms with Crippen LogP contribution < -0.4 is 20.4 Å². The van der Waals surface area contributed by atoms with Gasteiger partial charge in [-0.3, -0.25) is 19.7 Å². The Morgan fingerprint density at radius 3 is 2.43 bits per heavy atom. The first kappa shape index (κ1) is 22.3. The van der Waals surface area contributed by atoms with Gasteiger partial charge in [-0.15, -0.1) is 0 Å². The first-order valence-electron chi connectivity index (χ1n) is 8.96. The molecule has 0 bridgehead atoms. The molecule has 0 aromatic heterocycles. The quantitative estimate of drug-likeness (QED) is 0.387. The number of hydrogen-bond donors (Lipinski definition) is 2. The Balaban J connectivity index is 1.97. The summed E-state index contributed by atoms with van der Waals surface area (Å²) in [5.41, 5.74) is 3.52. The predicted octanol–water partition coefficient (Wildman–Crippen LogP) is 1.94. The molecule has 2 rings (SSSR count). The molecule has 1 unspecified atom stereocenters. The van der Waals surface area contributed by atoms with Crippen LogP contribution in [0, 0.1) is 10.1 Å². The Morgan fingerprint density at radius 1 is 1.20 bits per heavy atom. The van der Waals surface area contributed by atoms with Gasteiger partial charge in [0.1, 0.15) is 17.5 Å². The van der Waals surface area contributed by atoms with Crippen molar-refractivity contribution in [3.8, 4) is 5.75 Å². The van der Waals surface area contributed by atoms with Crippen LogP contribution in [-0.4, -0.2) is 50.2 Å². The smallest absolute Gasteiger partial charge is 0.293 e. The van der Waals surface area contributed by atoms with Crippen LogP contribution in [-0.2, 0) is 4.79 Å². The van der Waals surface area contributed by atoms with Crippen molar-refractivity contribution >= 4 is 29.4 Å². The van der Waals surface area contributed by atoms with Crippen LogP contribution in [0.1, 0.15) is 22.8 Å². The van der Waals surface area contributed by atoms with Crippen molar-refractivity contribution in [2.24, 2.45) is 5.10 Å². The summed E-state index contributed by atoms with van der Waals surface area (Å²) in [5, 5.41) is 17.6. The van der Waals surface area contributed by atoms with Crippen molar-refractivity contribution in [3.63, 3.8) is 0 Å². The third-order valence-corrected chi connectivity index (χ3v) is 4.16. The Kier molecular flexibility index (Phi) is 7.45. The number of nitrogens with zero attached hydrogens (tertiary/aromatic N) is 3. The van der Waals surface area contributed by atoms with Crippen molar-refractivity contribution in [3.05, 3.63) is 63.7 Å². The van der Waals surface area contributed by atoms with Crippen LogP contribution in [0.25, 0.3) is 0 Å². The monoisotopic (exact) mass is 413 g/mol. The SMILES string of the molecule is COc1ccc(C(=O)NC(C)C(=O)NN=Cc2ccc(N(C)C)c([N+](=O)[O-])c2)cc1. The molecule has 0 saturated heterocycles. The van der Waals surface area contributed by atoms with E-state index in [0.29, 0.717) is 22.6 Å². The number of carbonyl (C=O) groups is 2. The van der Waals surface area contributed by atoms with Gasteiger partial charge in [0.2, 0.25) is 0 Å². The molecule has 30 heavy (non-hydrogen) atoms. The summed E-state index contributed by atoms with van der Waals surface area (Å²) in [6.07, 6.45) is 1.29. The number of nitro benzene ring substituents is 1. The number of hydrazone groups is 1. The van der Waals surface area contributed by atoms with Gasteiger partial charge in [0.25, 0.3) is 17.5 Å². The van der Waals surface area contributed by atoms with Crippen LogP contribution in [0.5, 0.6) is 5.75 Å². The summed E-state index contributed by atoms with van der Waals surface area (Å²) in [6, 6.07) is 10.2. The summed E-state index contributed by atoms with van der Waals surface area (Å²) in [6.45, 7) is 1.52. The van der Waals surface area contributed by atoms with Crippen LogP contribution in [0.3, 0.4) is 0 Å². The molecule has 10 nitrogen and oxygen atoms in total. The van der Waals surface area contributed by atoms with Crippen LogP contribution in [0.4, 0.5) is 11.4 Å². The Hall–Kier alpha value is -3.95. The normalized spacial score (nSPS) is 11.6. The molecule has 0 heterocycles. The maximum Gasteiger partial charge on any atom is 0.293 e. The molecule has 0 aliphatic carbocycles. The first-order valence-corrected chi connectivity index (χ1v) is 8.96. The van der Waals surface area contributed by atoms with E-state index in [2.05, 4.69) is 15.8 Å². The molecule has 0 aliphatic heterocycles. The Labute approximate surface area is 173 Å². The van der Waals surface area contributed by atoms with Gasteiger partial charge in [0.15, 0.2) is 0 Å². The van der Waals surface area contributed by atoms with E-state index in [1.807, 2.05) is 0 Å². The minimum absolute atomic E-state index is 0.0737. The maximum atomic E-state index is 12.2. The van der Waals surface area contributed by atoms with Crippen molar-refractivity contribution < 1.29 is 19.2 Å². The molecule has 0 aliphatic rings. The highest BCUT2D eigenvalue weighted by Crippen LogP contribution is 2.27. The number of nitrogens with one attached hydrogen (secondary N) is 2. The number of rotatable bonds is 8. The third kappa shape index (κ3) is 5.77. The van der Waals surface area contributed by atoms with Gasteiger partial charge >= 0.3 is 0 Å². The van der Waals surface area contributed by atoms with Gasteiger partial charge in [0, 0.05) is 31.3 Å². The summed E-state index contributed by atoms with van der Waals surface area (Å²) >= 11 is 0. The van der Waals surface area contributed by atoms with Gasteiger partial charge in [0.05, 0.1) is 18.2 Å². The van der Waals surface area contributed by atoms with E-state index in [0.717, 1.165) is 0 Å². The minimum atomic E-state index is -0.845. The fourth-order valence-electron chi connectivity index (χ4n) is 2.50. The molecular formula is C20H23N5O5. The van der Waals surface area contributed by atoms with Crippen LogP contribution >= 0.6 is 0 Å². The lowest BCUT2D eigenvalue weighted by Crippen LogP contribution is -2.43. The zero-order valence-electron chi connectivity index (χ0n) is 17.1. The highest BCUT2D eigenvalue weighted by Gasteiger charge is 2.17. The molecule has 2 aromatic carbocycles. The van der Waals surface area contributed by atoms with Gasteiger partial charge in [-0.2, -0.15) is 5.10 Å². The number of ether oxygens (including phenoxy) is 1. The summed E-state index contributed by atoms with van der Waals surface area (Å²) in [5.74, 6) is -0.336. The zero-order chi connectivity index (χ0) is 22.3. The van der Waals surface area contributed by atoms with Gasteiger partial charge in [-0.25, -0.2) is 5.43 Å². The van der Waals surface area contributed by atoms with Gasteiger partial charge in [-0.05, 0) is 37.3 Å². The lowest BCUT2D eigenvalue weighted by molar-refractivity contribution is -0.384. The fraction of sp³-hybridized carbons (Fsp3) is 0.250. The molecule has 10 heteroatoms. The maximum absolute atomic E-state index is 12.2. The zero-order valence-corrected chi connectivity index (χ0v) is 17.1. The topological polar surface area (TPSA) is 126 Å². The summed E-state index contributed by atoms with van der Waals surface area (Å²) < 4.78 is 5.04. The first-order chi connectivity index (χ1) is 14.2. The summed E-state index contributed by atoms with van der Waals surface area (Å²) in [7, 11) is 4.94. The minimum Gasteiger partial charge on any atom is -0.497 e. The second-order valence-electron chi connectivity index (χ2n) is 6.56. The fourth-order valence-corrected chi connectivity index (χ4v) is 2.50. The van der Waals surface area contributed by atoms with E-state index >= 15 is 0 Å². The van der Waals surface area contributed by atoms with Crippen molar-refractivity contribution in [2.45, 2.75) is 13.0 Å². The highest BCUT2D eigenvalue weighted by molar-refractivity contribution is 5.97. The van der Waals surface area contributed by atoms with E-state index in [1.54, 1.807) is 55.4 Å². The van der Waals surface area contributed by atoms with E-state index in [9.17, 15) is 19.7 Å². The predicted molar refractivity (Wildman–Crippen MR) is 113 cm³/mol. The van der Waals surface area contributed by atoms with Gasteiger partial charge in [-0.1, -0.05) is 6.07 Å². The lowest BCUT2D eigenvalue weighted by atomic mass is 10.2. The molecule has 158 valence electrons. The van der Waals surface area contributed by atoms with Crippen molar-refractivity contribution in [1.29, 1.82) is 0 Å². The number of hydrogen-bond acceptors (Lipinski definition) is 7. The largest absolute Gasteiger partial charge is 0.497 e. The molecule has 0 fully saturated rings. The van der Waals surface area contributed by atoms with Gasteiger partial charge < -0.3 is 15.0 Å². The molecule has 0 saturated carbocycles. The average Bonchev–Trinajstić information content (AvgIpc) is 2.73. The number of anilines is 1. The molecular weight excluding hydrogens is 390 g/mol. The Morgan fingerprint density at radius 2 is 1.87 bits per heavy atom. The summed E-state index contributed by atoms with van der Waals surface area (Å²) in [4.78, 5) is 36.7. The lowest BCUT2D eigenvalue weighted by Gasteiger charge is -2.13. The highest BCUT2D eigenvalue weighted by atomic mass is 16.6. The number of methoxy groups -OCH3 is 1. The average molecular weight is 413 g/mol. The number of amides is 2. The standard InChI is InChI=1S/C20H23N5O5/c1-13(22-20(27)15-6-8-16(30-4)9-7-15)19(26)23-21-12-14-5-10-17(24(2)3)18(11-14)25(28)29/h5-13H,1-4H3,(H,22,27)(H,23,26). The number of carbonyl (C=O) groups excluding carboxylic acids is 2. The molecule has 0 radical (unpaired) electrons. The van der Waals surface area contributed by atoms with E-state index in [-0.39, 0.29) is 5.69 Å². The van der Waals surface area contributed by atoms with Crippen molar-refractivity contribution in [1.82, 2.24) is 10.7 Å². The second kappa shape index (κ2) is 10.0. The van der Waals surface area contributed by atoms with Crippen LogP contribution in [0.2, 0.25) is 0 Å². The molecule has 2 N–H and O–H groups in total. The number of nitro groups is 1. The van der Waals surface area contributed by atoms with Crippen LogP contribution in [0.15, 0.2) is 47.6 Å². The molecule has 2 aromatic rings. The Bertz CT molecular complexity index is 957. The van der Waals surface area contributed by atoms with E-state index < -0.39 is 22.8 Å². The van der Waals surface area contributed by atoms with E-state index in [1.165, 1.54) is 26.3 Å². The molecule has 2 amide bonds. The van der Waals surface area contributed by atoms with E-state index in [4.69, 9.17) is 4.74 Å². The van der Waals surface area contributed by atoms with Crippen molar-refractivity contribution in [2.75, 3.05) is 26.1 Å². The molecule has 0 spiro atoms. The third-order valence-electron chi connectivity index (χ3n) is 4.16.